The van der Waals surface area contributed by atoms with Gasteiger partial charge in [-0.25, -0.2) is 4.98 Å². The lowest BCUT2D eigenvalue weighted by molar-refractivity contribution is 0.0922. The number of benzene rings is 1. The Morgan fingerprint density at radius 1 is 1.32 bits per heavy atom. The van der Waals surface area contributed by atoms with Gasteiger partial charge in [0.15, 0.2) is 0 Å². The van der Waals surface area contributed by atoms with Crippen molar-refractivity contribution in [1.29, 1.82) is 0 Å². The normalized spacial score (nSPS) is 12.3. The minimum Gasteiger partial charge on any atom is -0.378 e. The Kier molecular flexibility index (Phi) is 4.85. The number of nitrogens with zero attached hydrogens (tertiary/aromatic N) is 3. The number of hydrogen-bond donors (Lipinski definition) is 1. The average molecular weight is 300 g/mol. The smallest absolute Gasteiger partial charge is 0.251 e. The maximum absolute atomic E-state index is 12.6. The molecule has 1 N–H and O–H groups in total. The highest BCUT2D eigenvalue weighted by Crippen LogP contribution is 2.21. The van der Waals surface area contributed by atoms with Crippen LogP contribution in [0.2, 0.25) is 0 Å². The van der Waals surface area contributed by atoms with E-state index in [0.717, 1.165) is 11.5 Å². The second-order valence-electron chi connectivity index (χ2n) is 6.04. The monoisotopic (exact) mass is 300 g/mol. The third kappa shape index (κ3) is 3.47. The van der Waals surface area contributed by atoms with E-state index in [1.54, 1.807) is 6.20 Å². The summed E-state index contributed by atoms with van der Waals surface area (Å²) in [7, 11) is 5.86. The summed E-state index contributed by atoms with van der Waals surface area (Å²) in [6, 6.07) is 7.49. The third-order valence-electron chi connectivity index (χ3n) is 3.71. The number of nitrogens with one attached hydrogen (secondary N) is 1. The van der Waals surface area contributed by atoms with Crippen molar-refractivity contribution in [2.45, 2.75) is 19.9 Å². The van der Waals surface area contributed by atoms with Crippen molar-refractivity contribution in [2.24, 2.45) is 13.0 Å². The molecule has 1 aromatic carbocycles. The van der Waals surface area contributed by atoms with Crippen molar-refractivity contribution < 1.29 is 4.79 Å². The molecule has 0 aliphatic rings. The van der Waals surface area contributed by atoms with Gasteiger partial charge < -0.3 is 14.8 Å². The fourth-order valence-electron chi connectivity index (χ4n) is 2.36. The average Bonchev–Trinajstić information content (AvgIpc) is 2.90. The van der Waals surface area contributed by atoms with Gasteiger partial charge >= 0.3 is 0 Å². The molecule has 1 heterocycles. The molecular formula is C17H24N4O. The van der Waals surface area contributed by atoms with E-state index in [0.29, 0.717) is 5.56 Å². The van der Waals surface area contributed by atoms with Gasteiger partial charge in [0.2, 0.25) is 0 Å². The molecule has 1 unspecified atom stereocenters. The Hall–Kier alpha value is -2.30. The maximum Gasteiger partial charge on any atom is 0.251 e. The summed E-state index contributed by atoms with van der Waals surface area (Å²) in [5.41, 5.74) is 1.66. The molecule has 22 heavy (non-hydrogen) atoms. The van der Waals surface area contributed by atoms with Crippen LogP contribution < -0.4 is 10.2 Å². The summed E-state index contributed by atoms with van der Waals surface area (Å²) < 4.78 is 1.95. The van der Waals surface area contributed by atoms with E-state index in [1.807, 2.05) is 61.1 Å². The fourth-order valence-corrected chi connectivity index (χ4v) is 2.36. The molecule has 0 saturated carbocycles. The van der Waals surface area contributed by atoms with Crippen molar-refractivity contribution in [1.82, 2.24) is 14.9 Å². The molecule has 0 fully saturated rings. The molecule has 5 nitrogen and oxygen atoms in total. The molecule has 1 aromatic heterocycles. The van der Waals surface area contributed by atoms with Gasteiger partial charge in [-0.05, 0) is 24.1 Å². The molecule has 2 aromatic rings. The first-order chi connectivity index (χ1) is 10.4. The Bertz CT molecular complexity index is 646. The van der Waals surface area contributed by atoms with Gasteiger partial charge in [-0.2, -0.15) is 0 Å². The van der Waals surface area contributed by atoms with Crippen LogP contribution in [0.4, 0.5) is 5.69 Å². The van der Waals surface area contributed by atoms with Crippen LogP contribution in [0, 0.1) is 5.92 Å². The van der Waals surface area contributed by atoms with Gasteiger partial charge in [0, 0.05) is 44.8 Å². The Labute approximate surface area is 132 Å². The maximum atomic E-state index is 12.6. The zero-order valence-electron chi connectivity index (χ0n) is 13.9. The van der Waals surface area contributed by atoms with Gasteiger partial charge in [0.25, 0.3) is 5.91 Å². The van der Waals surface area contributed by atoms with Crippen LogP contribution in [0.15, 0.2) is 36.7 Å². The lowest BCUT2D eigenvalue weighted by Crippen LogP contribution is -2.33. The first kappa shape index (κ1) is 16.1. The number of amides is 1. The van der Waals surface area contributed by atoms with Crippen molar-refractivity contribution in [2.75, 3.05) is 19.0 Å². The number of carbonyl (C=O) groups is 1. The van der Waals surface area contributed by atoms with E-state index in [2.05, 4.69) is 24.1 Å². The molecule has 0 saturated heterocycles. The number of aromatic nitrogens is 2. The van der Waals surface area contributed by atoms with Crippen molar-refractivity contribution in [3.8, 4) is 0 Å². The lowest BCUT2D eigenvalue weighted by Gasteiger charge is -2.22. The summed E-state index contributed by atoms with van der Waals surface area (Å²) in [5.74, 6) is 1.04. The topological polar surface area (TPSA) is 50.2 Å². The van der Waals surface area contributed by atoms with E-state index in [4.69, 9.17) is 0 Å². The second-order valence-corrected chi connectivity index (χ2v) is 6.04. The predicted octanol–water partition coefficient (Wildman–Crippen LogP) is 2.61. The van der Waals surface area contributed by atoms with Crippen molar-refractivity contribution in [3.63, 3.8) is 0 Å². The SMILES string of the molecule is CC(C)C(NC(=O)c1cccc(N(C)C)c1)c1nccn1C. The van der Waals surface area contributed by atoms with Crippen LogP contribution in [0.1, 0.15) is 36.1 Å². The van der Waals surface area contributed by atoms with Gasteiger partial charge in [-0.15, -0.1) is 0 Å². The molecule has 1 atom stereocenters. The summed E-state index contributed by atoms with van der Waals surface area (Å²) in [6.07, 6.45) is 3.65. The van der Waals surface area contributed by atoms with E-state index in [9.17, 15) is 4.79 Å². The Morgan fingerprint density at radius 2 is 2.05 bits per heavy atom. The Balaban J connectivity index is 2.22. The highest BCUT2D eigenvalue weighted by Gasteiger charge is 2.22. The number of aryl methyl sites for hydroxylation is 1. The molecule has 0 bridgehead atoms. The fraction of sp³-hybridized carbons (Fsp3) is 0.412. The first-order valence-electron chi connectivity index (χ1n) is 7.45. The molecule has 118 valence electrons. The van der Waals surface area contributed by atoms with Gasteiger partial charge in [-0.1, -0.05) is 19.9 Å². The lowest BCUT2D eigenvalue weighted by atomic mass is 10.0. The third-order valence-corrected chi connectivity index (χ3v) is 3.71. The van der Waals surface area contributed by atoms with Gasteiger partial charge in [-0.3, -0.25) is 4.79 Å². The number of carbonyl (C=O) groups excluding carboxylic acids is 1. The number of imidazole rings is 1. The van der Waals surface area contributed by atoms with Gasteiger partial charge in [0.05, 0.1) is 6.04 Å². The number of rotatable bonds is 5. The van der Waals surface area contributed by atoms with Crippen LogP contribution in [0.3, 0.4) is 0 Å². The molecule has 5 heteroatoms. The zero-order chi connectivity index (χ0) is 16.3. The van der Waals surface area contributed by atoms with E-state index >= 15 is 0 Å². The standard InChI is InChI=1S/C17H24N4O/c1-12(2)15(16-18-9-10-21(16)5)19-17(22)13-7-6-8-14(11-13)20(3)4/h6-12,15H,1-5H3,(H,19,22). The predicted molar refractivity (Wildman–Crippen MR) is 89.0 cm³/mol. The van der Waals surface area contributed by atoms with Crippen molar-refractivity contribution in [3.05, 3.63) is 48.0 Å². The van der Waals surface area contributed by atoms with Crippen molar-refractivity contribution >= 4 is 11.6 Å². The molecular weight excluding hydrogens is 276 g/mol. The van der Waals surface area contributed by atoms with E-state index in [-0.39, 0.29) is 17.9 Å². The molecule has 0 radical (unpaired) electrons. The summed E-state index contributed by atoms with van der Waals surface area (Å²) in [4.78, 5) is 18.9. The summed E-state index contributed by atoms with van der Waals surface area (Å²) >= 11 is 0. The molecule has 0 aliphatic heterocycles. The molecule has 0 spiro atoms. The molecule has 2 rings (SSSR count). The van der Waals surface area contributed by atoms with Gasteiger partial charge in [0.1, 0.15) is 5.82 Å². The van der Waals surface area contributed by atoms with Crippen LogP contribution in [-0.4, -0.2) is 29.6 Å². The summed E-state index contributed by atoms with van der Waals surface area (Å²) in [5, 5.41) is 3.10. The van der Waals surface area contributed by atoms with E-state index < -0.39 is 0 Å². The van der Waals surface area contributed by atoms with E-state index in [1.165, 1.54) is 0 Å². The largest absolute Gasteiger partial charge is 0.378 e. The first-order valence-corrected chi connectivity index (χ1v) is 7.45. The van der Waals surface area contributed by atoms with Crippen LogP contribution in [0.5, 0.6) is 0 Å². The molecule has 1 amide bonds. The zero-order valence-corrected chi connectivity index (χ0v) is 13.9. The van der Waals surface area contributed by atoms with Crippen LogP contribution in [-0.2, 0) is 7.05 Å². The highest BCUT2D eigenvalue weighted by atomic mass is 16.1. The summed E-state index contributed by atoms with van der Waals surface area (Å²) in [6.45, 7) is 4.16. The Morgan fingerprint density at radius 3 is 2.59 bits per heavy atom. The van der Waals surface area contributed by atoms with Crippen LogP contribution >= 0.6 is 0 Å². The minimum atomic E-state index is -0.115. The highest BCUT2D eigenvalue weighted by molar-refractivity contribution is 5.95. The number of hydrogen-bond acceptors (Lipinski definition) is 3. The molecule has 0 aliphatic carbocycles. The second kappa shape index (κ2) is 6.64. The quantitative estimate of drug-likeness (QED) is 0.923. The minimum absolute atomic E-state index is 0.0783. The number of anilines is 1. The van der Waals surface area contributed by atoms with Crippen LogP contribution in [0.25, 0.3) is 0 Å².